The van der Waals surface area contributed by atoms with Gasteiger partial charge in [-0.3, -0.25) is 9.59 Å². The first-order valence-corrected chi connectivity index (χ1v) is 22.5. The van der Waals surface area contributed by atoms with Crippen molar-refractivity contribution in [3.8, 4) is 0 Å². The fourth-order valence-electron chi connectivity index (χ4n) is 6.47. The topological polar surface area (TPSA) is 102 Å². The summed E-state index contributed by atoms with van der Waals surface area (Å²) < 4.78 is 17.1. The van der Waals surface area contributed by atoms with Gasteiger partial charge in [-0.2, -0.15) is 0 Å². The number of quaternary nitrogens is 1. The largest absolute Gasteiger partial charge is 0.544 e. The summed E-state index contributed by atoms with van der Waals surface area (Å²) in [7, 11) is 5.40. The summed E-state index contributed by atoms with van der Waals surface area (Å²) >= 11 is 0. The number of likely N-dealkylation sites (N-methyl/N-ethyl adjacent to an activating group) is 1. The van der Waals surface area contributed by atoms with E-state index >= 15 is 0 Å². The SMILES string of the molecule is CCCCCC/C=C/CCCCCCCCCC(=O)OC(COCCC(C(=O)[O-])[N+](C)(C)C)COC(=O)CCCCC/C=C/C=C/CCCCCCCCC. The van der Waals surface area contributed by atoms with E-state index in [0.29, 0.717) is 12.8 Å². The van der Waals surface area contributed by atoms with E-state index < -0.39 is 18.1 Å². The molecule has 8 heteroatoms. The lowest BCUT2D eigenvalue weighted by atomic mass is 10.1. The Bertz CT molecular complexity index is 1000. The first-order chi connectivity index (χ1) is 26.6. The molecule has 0 aromatic heterocycles. The first-order valence-electron chi connectivity index (χ1n) is 22.5. The summed E-state index contributed by atoms with van der Waals surface area (Å²) in [6.07, 6.45) is 43.1. The lowest BCUT2D eigenvalue weighted by molar-refractivity contribution is -0.889. The van der Waals surface area contributed by atoms with E-state index in [1.54, 1.807) is 21.1 Å². The van der Waals surface area contributed by atoms with Crippen LogP contribution in [0.3, 0.4) is 0 Å². The average molecular weight is 776 g/mol. The Hall–Kier alpha value is -2.45. The van der Waals surface area contributed by atoms with Crippen LogP contribution in [-0.4, -0.2) is 75.5 Å². The zero-order valence-corrected chi connectivity index (χ0v) is 36.3. The number of hydrogen-bond donors (Lipinski definition) is 0. The molecular formula is C47H85NO7. The predicted octanol–water partition coefficient (Wildman–Crippen LogP) is 10.9. The van der Waals surface area contributed by atoms with E-state index in [1.807, 2.05) is 0 Å². The number of rotatable bonds is 40. The molecule has 2 unspecified atom stereocenters. The summed E-state index contributed by atoms with van der Waals surface area (Å²) in [5, 5.41) is 11.6. The van der Waals surface area contributed by atoms with E-state index in [-0.39, 0.29) is 42.7 Å². The Morgan fingerprint density at radius 3 is 1.45 bits per heavy atom. The molecule has 0 amide bonds. The quantitative estimate of drug-likeness (QED) is 0.0201. The number of carboxylic acids is 1. The van der Waals surface area contributed by atoms with Crippen LogP contribution in [0.1, 0.15) is 194 Å². The minimum atomic E-state index is -1.13. The second kappa shape index (κ2) is 38.4. The number of nitrogens with zero attached hydrogens (tertiary/aromatic N) is 1. The van der Waals surface area contributed by atoms with Gasteiger partial charge in [0.2, 0.25) is 0 Å². The van der Waals surface area contributed by atoms with Gasteiger partial charge < -0.3 is 28.6 Å². The zero-order valence-electron chi connectivity index (χ0n) is 36.3. The van der Waals surface area contributed by atoms with Crippen molar-refractivity contribution in [3.63, 3.8) is 0 Å². The number of carboxylic acid groups (broad SMARTS) is 1. The highest BCUT2D eigenvalue weighted by atomic mass is 16.6. The van der Waals surface area contributed by atoms with Gasteiger partial charge in [0.1, 0.15) is 12.6 Å². The van der Waals surface area contributed by atoms with Crippen molar-refractivity contribution in [1.29, 1.82) is 0 Å². The van der Waals surface area contributed by atoms with E-state index in [4.69, 9.17) is 14.2 Å². The second-order valence-electron chi connectivity index (χ2n) is 16.3. The second-order valence-corrected chi connectivity index (χ2v) is 16.3. The van der Waals surface area contributed by atoms with Crippen molar-refractivity contribution in [2.75, 3.05) is 41.0 Å². The Labute approximate surface area is 338 Å². The monoisotopic (exact) mass is 776 g/mol. The van der Waals surface area contributed by atoms with Crippen molar-refractivity contribution in [2.24, 2.45) is 0 Å². The molecule has 0 saturated heterocycles. The third-order valence-electron chi connectivity index (χ3n) is 10.0. The molecule has 0 fully saturated rings. The number of hydrogen-bond acceptors (Lipinski definition) is 7. The summed E-state index contributed by atoms with van der Waals surface area (Å²) in [5.74, 6) is -1.77. The van der Waals surface area contributed by atoms with Crippen molar-refractivity contribution in [1.82, 2.24) is 0 Å². The molecule has 320 valence electrons. The Kier molecular flexibility index (Phi) is 36.7. The molecule has 0 rings (SSSR count). The van der Waals surface area contributed by atoms with E-state index in [0.717, 1.165) is 51.4 Å². The number of unbranched alkanes of at least 4 members (excludes halogenated alkanes) is 21. The lowest BCUT2D eigenvalue weighted by Crippen LogP contribution is -2.55. The molecule has 0 radical (unpaired) electrons. The molecule has 2 atom stereocenters. The minimum absolute atomic E-state index is 0.0316. The number of ether oxygens (including phenoxy) is 3. The lowest BCUT2D eigenvalue weighted by Gasteiger charge is -2.34. The zero-order chi connectivity index (χ0) is 40.7. The molecule has 8 nitrogen and oxygen atoms in total. The highest BCUT2D eigenvalue weighted by molar-refractivity contribution is 5.70. The maximum absolute atomic E-state index is 12.7. The third-order valence-corrected chi connectivity index (χ3v) is 10.0. The third kappa shape index (κ3) is 36.9. The molecule has 0 aromatic rings. The van der Waals surface area contributed by atoms with Gasteiger partial charge in [-0.05, 0) is 64.2 Å². The van der Waals surface area contributed by atoms with Crippen LogP contribution in [0.15, 0.2) is 36.5 Å². The Morgan fingerprint density at radius 1 is 0.545 bits per heavy atom. The van der Waals surface area contributed by atoms with Crippen molar-refractivity contribution in [2.45, 2.75) is 206 Å². The van der Waals surface area contributed by atoms with Gasteiger partial charge >= 0.3 is 11.9 Å². The van der Waals surface area contributed by atoms with Gasteiger partial charge in [0, 0.05) is 19.3 Å². The van der Waals surface area contributed by atoms with Gasteiger partial charge in [0.25, 0.3) is 0 Å². The average Bonchev–Trinajstić information content (AvgIpc) is 3.14. The number of carbonyl (C=O) groups excluding carboxylic acids is 3. The summed E-state index contributed by atoms with van der Waals surface area (Å²) in [5.41, 5.74) is 0. The van der Waals surface area contributed by atoms with Crippen LogP contribution in [0.2, 0.25) is 0 Å². The van der Waals surface area contributed by atoms with Crippen molar-refractivity contribution in [3.05, 3.63) is 36.5 Å². The van der Waals surface area contributed by atoms with Crippen LogP contribution in [-0.2, 0) is 28.6 Å². The van der Waals surface area contributed by atoms with Crippen LogP contribution in [0.4, 0.5) is 0 Å². The predicted molar refractivity (Wildman–Crippen MR) is 227 cm³/mol. The molecule has 0 bridgehead atoms. The maximum atomic E-state index is 12.7. The fourth-order valence-corrected chi connectivity index (χ4v) is 6.47. The minimum Gasteiger partial charge on any atom is -0.544 e. The molecule has 0 N–H and O–H groups in total. The summed E-state index contributed by atoms with van der Waals surface area (Å²) in [6, 6.07) is -0.729. The molecule has 55 heavy (non-hydrogen) atoms. The molecule has 0 heterocycles. The van der Waals surface area contributed by atoms with Crippen LogP contribution < -0.4 is 5.11 Å². The van der Waals surface area contributed by atoms with E-state index in [1.165, 1.54) is 109 Å². The molecule has 0 spiro atoms. The summed E-state index contributed by atoms with van der Waals surface area (Å²) in [6.45, 7) is 4.62. The highest BCUT2D eigenvalue weighted by Crippen LogP contribution is 2.14. The molecule has 0 aromatic carbocycles. The molecule has 0 aliphatic carbocycles. The van der Waals surface area contributed by atoms with E-state index in [2.05, 4.69) is 50.3 Å². The highest BCUT2D eigenvalue weighted by Gasteiger charge is 2.25. The molecule has 0 aliphatic heterocycles. The standard InChI is InChI=1S/C47H85NO7/c1-6-8-10-12-14-16-18-20-22-24-25-27-29-31-33-35-37-45(49)54-42-43(41-53-40-39-44(47(51)52)48(3,4)5)55-46(50)38-36-34-32-30-28-26-23-21-19-17-15-13-11-9-7-2/h17,19,22,24-25,27,43-44H,6-16,18,20-21,23,26,28-42H2,1-5H3/b19-17+,24-22+,27-25+. The van der Waals surface area contributed by atoms with Crippen LogP contribution in [0.25, 0.3) is 0 Å². The Morgan fingerprint density at radius 2 is 0.964 bits per heavy atom. The number of carbonyl (C=O) groups is 3. The smallest absolute Gasteiger partial charge is 0.306 e. The van der Waals surface area contributed by atoms with Gasteiger partial charge in [-0.1, -0.05) is 147 Å². The van der Waals surface area contributed by atoms with Gasteiger partial charge in [-0.15, -0.1) is 0 Å². The maximum Gasteiger partial charge on any atom is 0.306 e. The molecule has 0 saturated carbocycles. The van der Waals surface area contributed by atoms with Gasteiger partial charge in [0.15, 0.2) is 6.10 Å². The van der Waals surface area contributed by atoms with Gasteiger partial charge in [-0.25, -0.2) is 0 Å². The summed E-state index contributed by atoms with van der Waals surface area (Å²) in [4.78, 5) is 36.8. The van der Waals surface area contributed by atoms with Gasteiger partial charge in [0.05, 0.1) is 40.3 Å². The fraction of sp³-hybridized carbons (Fsp3) is 0.809. The first kappa shape index (κ1) is 52.6. The van der Waals surface area contributed by atoms with Crippen molar-refractivity contribution >= 4 is 17.9 Å². The number of esters is 2. The van der Waals surface area contributed by atoms with Crippen LogP contribution in [0, 0.1) is 0 Å². The van der Waals surface area contributed by atoms with Crippen LogP contribution in [0.5, 0.6) is 0 Å². The van der Waals surface area contributed by atoms with E-state index in [9.17, 15) is 19.5 Å². The normalized spacial score (nSPS) is 13.3. The Balaban J connectivity index is 4.38. The number of allylic oxidation sites excluding steroid dienone is 6. The molecular weight excluding hydrogens is 691 g/mol. The number of aliphatic carboxylic acids is 1. The molecule has 0 aliphatic rings. The van der Waals surface area contributed by atoms with Crippen LogP contribution >= 0.6 is 0 Å². The van der Waals surface area contributed by atoms with Crippen molar-refractivity contribution < 1.29 is 38.2 Å².